The van der Waals surface area contributed by atoms with Crippen molar-refractivity contribution in [2.45, 2.75) is 66.2 Å². The van der Waals surface area contributed by atoms with E-state index in [0.29, 0.717) is 25.7 Å². The summed E-state index contributed by atoms with van der Waals surface area (Å²) in [5.74, 6) is -3.07. The number of aliphatic carboxylic acids is 2. The first-order valence-corrected chi connectivity index (χ1v) is 7.81. The van der Waals surface area contributed by atoms with Crippen LogP contribution in [0.5, 0.6) is 0 Å². The summed E-state index contributed by atoms with van der Waals surface area (Å²) in [7, 11) is 0. The molecular weight excluding hydrogens is 368 g/mol. The Kier molecular flexibility index (Phi) is 43.2. The molecule has 0 radical (unpaired) electrons. The molecule has 146 valence electrons. The second-order valence-electron chi connectivity index (χ2n) is 4.31. The van der Waals surface area contributed by atoms with Crippen LogP contribution >= 0.6 is 0 Å². The van der Waals surface area contributed by atoms with Crippen molar-refractivity contribution < 1.29 is 61.3 Å². The molecule has 25 heavy (non-hydrogen) atoms. The van der Waals surface area contributed by atoms with Crippen LogP contribution in [0.3, 0.4) is 0 Å². The molecule has 0 amide bonds. The minimum Gasteiger partial charge on any atom is -0.550 e. The first kappa shape index (κ1) is 35.1. The Labute approximate surface area is 164 Å². The standard InChI is InChI=1S/2C6H10O3.2C2H6O.Ti/c2*1-2-3-5(7)4-6(8)9;2*1-2-3;/h2*2-4H2,1H3,(H,8,9);2*3H,2H2,1H3;/q;;;;+2/p-2. The van der Waals surface area contributed by atoms with Gasteiger partial charge in [-0.1, -0.05) is 13.8 Å². The van der Waals surface area contributed by atoms with Gasteiger partial charge in [0.15, 0.2) is 0 Å². The van der Waals surface area contributed by atoms with E-state index < -0.39 is 24.8 Å². The number of aliphatic hydroxyl groups excluding tert-OH is 2. The van der Waals surface area contributed by atoms with E-state index in [1.165, 1.54) is 0 Å². The molecule has 8 nitrogen and oxygen atoms in total. The van der Waals surface area contributed by atoms with Crippen molar-refractivity contribution in [3.05, 3.63) is 0 Å². The summed E-state index contributed by atoms with van der Waals surface area (Å²) in [4.78, 5) is 40.4. The molecule has 0 atom stereocenters. The van der Waals surface area contributed by atoms with Gasteiger partial charge in [0.2, 0.25) is 0 Å². The molecule has 0 fully saturated rings. The molecule has 0 unspecified atom stereocenters. The van der Waals surface area contributed by atoms with Crippen molar-refractivity contribution in [2.75, 3.05) is 13.2 Å². The Balaban J connectivity index is -0.0000000788. The van der Waals surface area contributed by atoms with Gasteiger partial charge in [0.25, 0.3) is 0 Å². The van der Waals surface area contributed by atoms with Crippen molar-refractivity contribution in [3.63, 3.8) is 0 Å². The molecule has 0 aliphatic rings. The molecule has 0 heterocycles. The van der Waals surface area contributed by atoms with Crippen molar-refractivity contribution in [2.24, 2.45) is 0 Å². The Bertz CT molecular complexity index is 300. The van der Waals surface area contributed by atoms with E-state index in [2.05, 4.69) is 0 Å². The molecule has 0 saturated carbocycles. The van der Waals surface area contributed by atoms with Crippen LogP contribution < -0.4 is 10.2 Å². The number of hydrogen-bond acceptors (Lipinski definition) is 8. The summed E-state index contributed by atoms with van der Waals surface area (Å²) >= 11 is 0. The predicted octanol–water partition coefficient (Wildman–Crippen LogP) is -1.01. The SMILES string of the molecule is CCCC(=O)CC(=O)[O-].CCCC(=O)CC(=O)[O-].CCO.CCO.[Ti+2]. The van der Waals surface area contributed by atoms with Gasteiger partial charge in [-0.15, -0.1) is 0 Å². The molecule has 0 bridgehead atoms. The number of carbonyl (C=O) groups is 4. The van der Waals surface area contributed by atoms with Gasteiger partial charge in [0.1, 0.15) is 11.6 Å². The molecule has 0 aromatic rings. The third-order valence-electron chi connectivity index (χ3n) is 1.74. The predicted molar refractivity (Wildman–Crippen MR) is 84.6 cm³/mol. The van der Waals surface area contributed by atoms with Crippen LogP contribution in [-0.4, -0.2) is 46.9 Å². The van der Waals surface area contributed by atoms with Crippen LogP contribution in [0, 0.1) is 0 Å². The van der Waals surface area contributed by atoms with Gasteiger partial charge < -0.3 is 30.0 Å². The zero-order valence-electron chi connectivity index (χ0n) is 15.5. The number of ketones is 2. The van der Waals surface area contributed by atoms with Crippen molar-refractivity contribution in [1.29, 1.82) is 0 Å². The molecule has 0 rings (SSSR count). The van der Waals surface area contributed by atoms with Crippen molar-refractivity contribution >= 4 is 23.5 Å². The van der Waals surface area contributed by atoms with Crippen LogP contribution in [0.1, 0.15) is 66.2 Å². The fraction of sp³-hybridized carbons (Fsp3) is 0.750. The van der Waals surface area contributed by atoms with E-state index in [1.54, 1.807) is 13.8 Å². The van der Waals surface area contributed by atoms with Crippen LogP contribution in [0.2, 0.25) is 0 Å². The third-order valence-corrected chi connectivity index (χ3v) is 1.74. The number of hydrogen-bond donors (Lipinski definition) is 2. The summed E-state index contributed by atoms with van der Waals surface area (Å²) in [5, 5.41) is 34.6. The maximum atomic E-state index is 10.4. The van der Waals surface area contributed by atoms with Gasteiger partial charge in [0.05, 0.1) is 0 Å². The number of aliphatic hydroxyl groups is 2. The van der Waals surface area contributed by atoms with Gasteiger partial charge in [-0.2, -0.15) is 0 Å². The number of carboxylic acids is 2. The van der Waals surface area contributed by atoms with E-state index in [-0.39, 0.29) is 46.5 Å². The number of carbonyl (C=O) groups excluding carboxylic acids is 4. The second kappa shape index (κ2) is 30.8. The summed E-state index contributed by atoms with van der Waals surface area (Å²) in [6.45, 7) is 7.51. The maximum absolute atomic E-state index is 10.4. The molecule has 0 saturated heterocycles. The van der Waals surface area contributed by atoms with Crippen molar-refractivity contribution in [3.8, 4) is 0 Å². The van der Waals surface area contributed by atoms with E-state index in [4.69, 9.17) is 10.2 Å². The van der Waals surface area contributed by atoms with Gasteiger partial charge in [-0.25, -0.2) is 0 Å². The Morgan fingerprint density at radius 2 is 0.880 bits per heavy atom. The molecule has 0 spiro atoms. The summed E-state index contributed by atoms with van der Waals surface area (Å²) < 4.78 is 0. The second-order valence-corrected chi connectivity index (χ2v) is 4.31. The third kappa shape index (κ3) is 60.1. The first-order valence-electron chi connectivity index (χ1n) is 7.81. The summed E-state index contributed by atoms with van der Waals surface area (Å²) in [6.07, 6.45) is 1.21. The zero-order valence-corrected chi connectivity index (χ0v) is 17.1. The molecule has 9 heteroatoms. The number of carboxylic acid groups (broad SMARTS) is 2. The normalized spacial score (nSPS) is 7.92. The molecular formula is C16H30O8Ti. The smallest absolute Gasteiger partial charge is 0.550 e. The van der Waals surface area contributed by atoms with E-state index in [0.717, 1.165) is 0 Å². The Morgan fingerprint density at radius 3 is 1.00 bits per heavy atom. The number of Topliss-reactive ketones (excluding diaryl/α,β-unsaturated/α-hetero) is 2. The van der Waals surface area contributed by atoms with Gasteiger partial charge in [0, 0.05) is 50.8 Å². The van der Waals surface area contributed by atoms with Crippen LogP contribution in [0.25, 0.3) is 0 Å². The molecule has 0 aromatic heterocycles. The zero-order chi connectivity index (χ0) is 20.0. The van der Waals surface area contributed by atoms with Gasteiger partial charge >= 0.3 is 21.7 Å². The average molecular weight is 398 g/mol. The minimum absolute atomic E-state index is 0. The van der Waals surface area contributed by atoms with Crippen LogP contribution in [0.15, 0.2) is 0 Å². The largest absolute Gasteiger partial charge is 2.00 e. The fourth-order valence-electron chi connectivity index (χ4n) is 1.06. The van der Waals surface area contributed by atoms with Crippen molar-refractivity contribution in [1.82, 2.24) is 0 Å². The minimum atomic E-state index is -1.28. The molecule has 0 aromatic carbocycles. The van der Waals surface area contributed by atoms with Crippen LogP contribution in [-0.2, 0) is 40.9 Å². The van der Waals surface area contributed by atoms with E-state index in [9.17, 15) is 29.4 Å². The van der Waals surface area contributed by atoms with Crippen LogP contribution in [0.4, 0.5) is 0 Å². The van der Waals surface area contributed by atoms with Gasteiger partial charge in [-0.3, -0.25) is 9.59 Å². The van der Waals surface area contributed by atoms with E-state index >= 15 is 0 Å². The quantitative estimate of drug-likeness (QED) is 0.389. The summed E-state index contributed by atoms with van der Waals surface area (Å²) in [6, 6.07) is 0. The average Bonchev–Trinajstić information content (AvgIpc) is 2.39. The molecule has 0 aliphatic heterocycles. The van der Waals surface area contributed by atoms with E-state index in [1.807, 2.05) is 13.8 Å². The Morgan fingerprint density at radius 1 is 0.680 bits per heavy atom. The first-order chi connectivity index (χ1) is 11.2. The fourth-order valence-corrected chi connectivity index (χ4v) is 1.06. The number of rotatable bonds is 8. The maximum Gasteiger partial charge on any atom is 2.00 e. The monoisotopic (exact) mass is 398 g/mol. The molecule has 2 N–H and O–H groups in total. The summed E-state index contributed by atoms with van der Waals surface area (Å²) in [5.41, 5.74) is 0. The Hall–Kier alpha value is -1.09. The molecule has 0 aliphatic carbocycles. The van der Waals surface area contributed by atoms with Gasteiger partial charge in [-0.05, 0) is 26.7 Å². The topological polar surface area (TPSA) is 155 Å².